The van der Waals surface area contributed by atoms with Crippen LogP contribution in [0.2, 0.25) is 0 Å². The molecular weight excluding hydrogens is 232 g/mol. The summed E-state index contributed by atoms with van der Waals surface area (Å²) in [7, 11) is 1.88. The van der Waals surface area contributed by atoms with Crippen molar-refractivity contribution in [3.05, 3.63) is 6.33 Å². The number of aliphatic hydroxyl groups excluding tert-OH is 1. The van der Waals surface area contributed by atoms with Crippen LogP contribution in [0.25, 0.3) is 0 Å². The van der Waals surface area contributed by atoms with Crippen molar-refractivity contribution in [1.82, 2.24) is 9.97 Å². The van der Waals surface area contributed by atoms with E-state index in [0.717, 1.165) is 0 Å². The average molecular weight is 254 g/mol. The van der Waals surface area contributed by atoms with Gasteiger partial charge in [-0.1, -0.05) is 0 Å². The van der Waals surface area contributed by atoms with Gasteiger partial charge in [0, 0.05) is 13.6 Å². The third-order valence-corrected chi connectivity index (χ3v) is 2.42. The molecule has 18 heavy (non-hydrogen) atoms. The highest BCUT2D eigenvalue weighted by molar-refractivity contribution is 5.67. The molecule has 3 N–H and O–H groups in total. The van der Waals surface area contributed by atoms with Crippen LogP contribution in [0.3, 0.4) is 0 Å². The second-order valence-electron chi connectivity index (χ2n) is 4.64. The molecule has 6 heteroatoms. The zero-order chi connectivity index (χ0) is 13.7. The molecule has 0 aliphatic rings. The van der Waals surface area contributed by atoms with Gasteiger partial charge >= 0.3 is 0 Å². The van der Waals surface area contributed by atoms with Gasteiger partial charge in [-0.3, -0.25) is 0 Å². The number of nitrogen functional groups attached to an aromatic ring is 1. The third-order valence-electron chi connectivity index (χ3n) is 2.42. The summed E-state index contributed by atoms with van der Waals surface area (Å²) in [5, 5.41) is 9.28. The summed E-state index contributed by atoms with van der Waals surface area (Å²) in [4.78, 5) is 10.1. The Bertz CT molecular complexity index is 382. The lowest BCUT2D eigenvalue weighted by atomic mass is 10.2. The molecule has 1 aromatic heterocycles. The number of hydrogen-bond donors (Lipinski definition) is 2. The molecule has 0 radical (unpaired) electrons. The maximum absolute atomic E-state index is 9.28. The molecule has 0 bridgehead atoms. The van der Waals surface area contributed by atoms with Crippen molar-refractivity contribution in [2.45, 2.75) is 39.4 Å². The van der Waals surface area contributed by atoms with E-state index in [1.54, 1.807) is 6.92 Å². The predicted octanol–water partition coefficient (Wildman–Crippen LogP) is 1.05. The molecule has 0 fully saturated rings. The Morgan fingerprint density at radius 3 is 2.61 bits per heavy atom. The molecule has 6 nitrogen and oxygen atoms in total. The average Bonchev–Trinajstić information content (AvgIpc) is 2.28. The lowest BCUT2D eigenvalue weighted by molar-refractivity contribution is 0.187. The number of hydrogen-bond acceptors (Lipinski definition) is 6. The lowest BCUT2D eigenvalue weighted by Crippen LogP contribution is -2.24. The fraction of sp³-hybridized carbons (Fsp3) is 0.667. The van der Waals surface area contributed by atoms with Gasteiger partial charge < -0.3 is 20.5 Å². The van der Waals surface area contributed by atoms with Crippen LogP contribution in [0.1, 0.15) is 27.2 Å². The summed E-state index contributed by atoms with van der Waals surface area (Å²) in [6.45, 7) is 6.25. The number of aliphatic hydroxyl groups is 1. The number of anilines is 2. The van der Waals surface area contributed by atoms with Crippen LogP contribution in [-0.2, 0) is 0 Å². The number of rotatable bonds is 6. The smallest absolute Gasteiger partial charge is 0.242 e. The Hall–Kier alpha value is -1.56. The monoisotopic (exact) mass is 254 g/mol. The minimum atomic E-state index is -0.345. The van der Waals surface area contributed by atoms with Crippen molar-refractivity contribution in [3.63, 3.8) is 0 Å². The van der Waals surface area contributed by atoms with E-state index in [1.807, 2.05) is 25.8 Å². The third kappa shape index (κ3) is 4.03. The summed E-state index contributed by atoms with van der Waals surface area (Å²) in [5.41, 5.74) is 6.41. The summed E-state index contributed by atoms with van der Waals surface area (Å²) < 4.78 is 5.51. The van der Waals surface area contributed by atoms with Gasteiger partial charge in [0.15, 0.2) is 5.82 Å². The van der Waals surface area contributed by atoms with Gasteiger partial charge in [0.25, 0.3) is 0 Å². The predicted molar refractivity (Wildman–Crippen MR) is 71.8 cm³/mol. The van der Waals surface area contributed by atoms with E-state index in [1.165, 1.54) is 6.33 Å². The maximum Gasteiger partial charge on any atom is 0.242 e. The molecule has 1 atom stereocenters. The Morgan fingerprint density at radius 1 is 1.39 bits per heavy atom. The topological polar surface area (TPSA) is 84.5 Å². The summed E-state index contributed by atoms with van der Waals surface area (Å²) in [6, 6.07) is 0. The summed E-state index contributed by atoms with van der Waals surface area (Å²) in [6.07, 6.45) is 1.75. The van der Waals surface area contributed by atoms with Gasteiger partial charge in [-0.2, -0.15) is 4.98 Å². The second-order valence-corrected chi connectivity index (χ2v) is 4.64. The van der Waals surface area contributed by atoms with Crippen molar-refractivity contribution in [2.24, 2.45) is 0 Å². The van der Waals surface area contributed by atoms with E-state index >= 15 is 0 Å². The zero-order valence-electron chi connectivity index (χ0n) is 11.4. The molecule has 1 rings (SSSR count). The van der Waals surface area contributed by atoms with E-state index in [2.05, 4.69) is 9.97 Å². The van der Waals surface area contributed by atoms with E-state index in [9.17, 15) is 5.11 Å². The number of nitrogens with zero attached hydrogens (tertiary/aromatic N) is 3. The highest BCUT2D eigenvalue weighted by Crippen LogP contribution is 2.27. The first kappa shape index (κ1) is 14.5. The van der Waals surface area contributed by atoms with Gasteiger partial charge in [-0.25, -0.2) is 4.98 Å². The highest BCUT2D eigenvalue weighted by Gasteiger charge is 2.14. The van der Waals surface area contributed by atoms with Crippen LogP contribution in [0, 0.1) is 0 Å². The van der Waals surface area contributed by atoms with E-state index in [0.29, 0.717) is 30.4 Å². The standard InChI is InChI=1S/C12H22N4O2/c1-8(2)18-12-10(13)11(14-7-15-12)16(4)6-5-9(3)17/h7-9,17H,5-6,13H2,1-4H3. The minimum Gasteiger partial charge on any atom is -0.473 e. The van der Waals surface area contributed by atoms with Crippen molar-refractivity contribution >= 4 is 11.5 Å². The van der Waals surface area contributed by atoms with Crippen LogP contribution in [0.15, 0.2) is 6.33 Å². The molecule has 0 amide bonds. The first-order chi connectivity index (χ1) is 8.41. The SMILES string of the molecule is CC(O)CCN(C)c1ncnc(OC(C)C)c1N. The molecule has 102 valence electrons. The number of nitrogens with two attached hydrogens (primary N) is 1. The molecule has 1 aromatic rings. The molecule has 0 saturated carbocycles. The van der Waals surface area contributed by atoms with E-state index in [4.69, 9.17) is 10.5 Å². The highest BCUT2D eigenvalue weighted by atomic mass is 16.5. The Balaban J connectivity index is 2.82. The summed E-state index contributed by atoms with van der Waals surface area (Å²) >= 11 is 0. The molecule has 0 aromatic carbocycles. The molecule has 0 aliphatic heterocycles. The van der Waals surface area contributed by atoms with E-state index < -0.39 is 0 Å². The fourth-order valence-corrected chi connectivity index (χ4v) is 1.48. The van der Waals surface area contributed by atoms with Crippen LogP contribution in [-0.4, -0.2) is 40.9 Å². The van der Waals surface area contributed by atoms with Crippen molar-refractivity contribution < 1.29 is 9.84 Å². The maximum atomic E-state index is 9.28. The normalized spacial score (nSPS) is 12.6. The zero-order valence-corrected chi connectivity index (χ0v) is 11.4. The van der Waals surface area contributed by atoms with Gasteiger partial charge in [-0.15, -0.1) is 0 Å². The fourth-order valence-electron chi connectivity index (χ4n) is 1.48. The number of ether oxygens (including phenoxy) is 1. The second kappa shape index (κ2) is 6.39. The summed E-state index contributed by atoms with van der Waals surface area (Å²) in [5.74, 6) is 1.03. The Morgan fingerprint density at radius 2 is 2.06 bits per heavy atom. The molecule has 0 aliphatic carbocycles. The van der Waals surface area contributed by atoms with Crippen LogP contribution in [0.4, 0.5) is 11.5 Å². The largest absolute Gasteiger partial charge is 0.473 e. The van der Waals surface area contributed by atoms with Crippen LogP contribution >= 0.6 is 0 Å². The van der Waals surface area contributed by atoms with Gasteiger partial charge in [0.05, 0.1) is 12.2 Å². The van der Waals surface area contributed by atoms with Crippen LogP contribution < -0.4 is 15.4 Å². The molecule has 0 saturated heterocycles. The quantitative estimate of drug-likeness (QED) is 0.789. The lowest BCUT2D eigenvalue weighted by Gasteiger charge is -2.21. The van der Waals surface area contributed by atoms with Crippen molar-refractivity contribution in [3.8, 4) is 5.88 Å². The molecule has 1 heterocycles. The van der Waals surface area contributed by atoms with Gasteiger partial charge in [0.2, 0.25) is 5.88 Å². The Labute approximate surface area is 108 Å². The Kier molecular flexibility index (Phi) is 5.15. The first-order valence-electron chi connectivity index (χ1n) is 6.08. The van der Waals surface area contributed by atoms with E-state index in [-0.39, 0.29) is 12.2 Å². The van der Waals surface area contributed by atoms with Gasteiger partial charge in [0.1, 0.15) is 12.0 Å². The molecule has 0 spiro atoms. The van der Waals surface area contributed by atoms with Crippen molar-refractivity contribution in [1.29, 1.82) is 0 Å². The van der Waals surface area contributed by atoms with Crippen LogP contribution in [0.5, 0.6) is 5.88 Å². The van der Waals surface area contributed by atoms with Gasteiger partial charge in [-0.05, 0) is 27.2 Å². The number of aromatic nitrogens is 2. The minimum absolute atomic E-state index is 0.0119. The van der Waals surface area contributed by atoms with Crippen molar-refractivity contribution in [2.75, 3.05) is 24.2 Å². The first-order valence-corrected chi connectivity index (χ1v) is 6.08. The molecular formula is C12H22N4O2. The molecule has 1 unspecified atom stereocenters.